The molecule has 1 aliphatic heterocycles. The average Bonchev–Trinajstić information content (AvgIpc) is 3.14. The fourth-order valence-corrected chi connectivity index (χ4v) is 2.69. The van der Waals surface area contributed by atoms with E-state index in [2.05, 4.69) is 20.8 Å². The number of carbonyl (C=O) groups is 1. The fraction of sp³-hybridized carbons (Fsp3) is 0.417. The number of carbonyl (C=O) groups excluding carboxylic acids is 1. The third kappa shape index (κ3) is 2.82. The third-order valence-electron chi connectivity index (χ3n) is 3.04. The van der Waals surface area contributed by atoms with Crippen molar-refractivity contribution in [3.8, 4) is 0 Å². The Hall–Kier alpha value is -1.73. The lowest BCUT2D eigenvalue weighted by Gasteiger charge is -2.01. The van der Waals surface area contributed by atoms with E-state index in [1.165, 1.54) is 0 Å². The summed E-state index contributed by atoms with van der Waals surface area (Å²) in [5.41, 5.74) is 1.07. The van der Waals surface area contributed by atoms with Gasteiger partial charge in [-0.3, -0.25) is 4.79 Å². The molecule has 2 aromatic rings. The zero-order valence-corrected chi connectivity index (χ0v) is 11.1. The Balaban J connectivity index is 1.60. The molecule has 1 amide bonds. The van der Waals surface area contributed by atoms with Crippen LogP contribution >= 0.6 is 11.3 Å². The number of hydrogen-bond donors (Lipinski definition) is 2. The number of aromatic nitrogens is 2. The average molecular weight is 278 g/mol. The first-order chi connectivity index (χ1) is 9.33. The van der Waals surface area contributed by atoms with Gasteiger partial charge in [0.1, 0.15) is 0 Å². The van der Waals surface area contributed by atoms with Crippen molar-refractivity contribution >= 4 is 17.2 Å². The van der Waals surface area contributed by atoms with Crippen LogP contribution in [0.5, 0.6) is 0 Å². The van der Waals surface area contributed by atoms with Gasteiger partial charge in [0, 0.05) is 6.54 Å². The van der Waals surface area contributed by atoms with Crippen LogP contribution in [0.3, 0.4) is 0 Å². The Morgan fingerprint density at radius 3 is 3.32 bits per heavy atom. The monoisotopic (exact) mass is 278 g/mol. The molecule has 0 spiro atoms. The Kier molecular flexibility index (Phi) is 3.56. The first-order valence-electron chi connectivity index (χ1n) is 6.19. The quantitative estimate of drug-likeness (QED) is 0.885. The molecular weight excluding hydrogens is 264 g/mol. The predicted molar refractivity (Wildman–Crippen MR) is 69.8 cm³/mol. The van der Waals surface area contributed by atoms with Gasteiger partial charge < -0.3 is 15.2 Å². The minimum Gasteiger partial charge on any atom is -0.345 e. The van der Waals surface area contributed by atoms with Crippen molar-refractivity contribution in [3.63, 3.8) is 0 Å². The van der Waals surface area contributed by atoms with Crippen LogP contribution in [-0.4, -0.2) is 22.6 Å². The molecule has 0 bridgehead atoms. The number of amides is 1. The maximum absolute atomic E-state index is 11.9. The minimum absolute atomic E-state index is 0.0888. The minimum atomic E-state index is -0.306. The van der Waals surface area contributed by atoms with Crippen LogP contribution in [0.4, 0.5) is 0 Å². The van der Waals surface area contributed by atoms with Gasteiger partial charge in [0.2, 0.25) is 5.89 Å². The van der Waals surface area contributed by atoms with E-state index < -0.39 is 0 Å². The van der Waals surface area contributed by atoms with Gasteiger partial charge in [-0.05, 0) is 41.8 Å². The molecule has 1 fully saturated rings. The van der Waals surface area contributed by atoms with E-state index in [9.17, 15) is 4.79 Å². The molecule has 0 aromatic carbocycles. The molecule has 2 N–H and O–H groups in total. The van der Waals surface area contributed by atoms with Gasteiger partial charge in [-0.1, -0.05) is 5.16 Å². The standard InChI is InChI=1S/C12H14N4O2S/c17-11(14-6-8-3-5-19-7-8)10-15-12(18-16-10)9-2-1-4-13-9/h3,5,7,9,13H,1-2,4,6H2,(H,14,17). The zero-order chi connectivity index (χ0) is 13.1. The molecule has 6 nitrogen and oxygen atoms in total. The van der Waals surface area contributed by atoms with Crippen LogP contribution in [0.15, 0.2) is 21.3 Å². The highest BCUT2D eigenvalue weighted by Crippen LogP contribution is 2.20. The molecule has 0 saturated carbocycles. The summed E-state index contributed by atoms with van der Waals surface area (Å²) in [5, 5.41) is 13.7. The number of nitrogens with one attached hydrogen (secondary N) is 2. The van der Waals surface area contributed by atoms with Crippen LogP contribution < -0.4 is 10.6 Å². The molecule has 19 heavy (non-hydrogen) atoms. The second-order valence-electron chi connectivity index (χ2n) is 4.42. The van der Waals surface area contributed by atoms with E-state index in [0.717, 1.165) is 24.9 Å². The summed E-state index contributed by atoms with van der Waals surface area (Å²) in [7, 11) is 0. The van der Waals surface area contributed by atoms with E-state index >= 15 is 0 Å². The van der Waals surface area contributed by atoms with E-state index in [1.807, 2.05) is 16.8 Å². The summed E-state index contributed by atoms with van der Waals surface area (Å²) in [4.78, 5) is 16.0. The zero-order valence-electron chi connectivity index (χ0n) is 10.3. The molecule has 1 saturated heterocycles. The van der Waals surface area contributed by atoms with Crippen LogP contribution in [0.2, 0.25) is 0 Å². The van der Waals surface area contributed by atoms with Crippen LogP contribution in [0, 0.1) is 0 Å². The summed E-state index contributed by atoms with van der Waals surface area (Å²) in [5.74, 6) is 0.288. The van der Waals surface area contributed by atoms with Crippen LogP contribution in [-0.2, 0) is 6.54 Å². The number of hydrogen-bond acceptors (Lipinski definition) is 6. The first-order valence-corrected chi connectivity index (χ1v) is 7.13. The SMILES string of the molecule is O=C(NCc1ccsc1)c1noc(C2CCCN2)n1. The number of thiophene rings is 1. The van der Waals surface area contributed by atoms with Crippen molar-refractivity contribution in [1.29, 1.82) is 0 Å². The van der Waals surface area contributed by atoms with Crippen LogP contribution in [0.25, 0.3) is 0 Å². The second kappa shape index (κ2) is 5.50. The lowest BCUT2D eigenvalue weighted by molar-refractivity contribution is 0.0937. The normalized spacial score (nSPS) is 18.6. The highest BCUT2D eigenvalue weighted by atomic mass is 32.1. The van der Waals surface area contributed by atoms with Crippen LogP contribution in [0.1, 0.15) is 41.0 Å². The van der Waals surface area contributed by atoms with E-state index in [1.54, 1.807) is 11.3 Å². The smallest absolute Gasteiger partial charge is 0.292 e. The Morgan fingerprint density at radius 1 is 1.63 bits per heavy atom. The lowest BCUT2D eigenvalue weighted by Crippen LogP contribution is -2.24. The molecule has 100 valence electrons. The molecule has 0 aliphatic carbocycles. The Bertz CT molecular complexity index is 546. The summed E-state index contributed by atoms with van der Waals surface area (Å²) < 4.78 is 5.12. The van der Waals surface area contributed by atoms with Crippen molar-refractivity contribution in [3.05, 3.63) is 34.1 Å². The van der Waals surface area contributed by atoms with Crippen molar-refractivity contribution in [2.45, 2.75) is 25.4 Å². The third-order valence-corrected chi connectivity index (χ3v) is 3.77. The van der Waals surface area contributed by atoms with Crippen molar-refractivity contribution < 1.29 is 9.32 Å². The maximum atomic E-state index is 11.9. The molecule has 1 unspecified atom stereocenters. The van der Waals surface area contributed by atoms with Gasteiger partial charge in [-0.15, -0.1) is 0 Å². The molecule has 2 aromatic heterocycles. The van der Waals surface area contributed by atoms with Gasteiger partial charge in [0.15, 0.2) is 0 Å². The van der Waals surface area contributed by atoms with E-state index in [4.69, 9.17) is 4.52 Å². The fourth-order valence-electron chi connectivity index (χ4n) is 2.02. The number of rotatable bonds is 4. The first kappa shape index (κ1) is 12.3. The molecule has 3 heterocycles. The van der Waals surface area contributed by atoms with E-state index in [0.29, 0.717) is 12.4 Å². The van der Waals surface area contributed by atoms with Gasteiger partial charge >= 0.3 is 0 Å². The molecule has 1 atom stereocenters. The molecule has 7 heteroatoms. The summed E-state index contributed by atoms with van der Waals surface area (Å²) in [6.07, 6.45) is 2.06. The van der Waals surface area contributed by atoms with Crippen molar-refractivity contribution in [2.75, 3.05) is 6.54 Å². The second-order valence-corrected chi connectivity index (χ2v) is 5.20. The number of nitrogens with zero attached hydrogens (tertiary/aromatic N) is 2. The summed E-state index contributed by atoms with van der Waals surface area (Å²) in [6.45, 7) is 1.43. The van der Waals surface area contributed by atoms with Crippen molar-refractivity contribution in [1.82, 2.24) is 20.8 Å². The topological polar surface area (TPSA) is 80.0 Å². The van der Waals surface area contributed by atoms with Crippen molar-refractivity contribution in [2.24, 2.45) is 0 Å². The highest BCUT2D eigenvalue weighted by molar-refractivity contribution is 7.07. The van der Waals surface area contributed by atoms with Gasteiger partial charge in [0.05, 0.1) is 6.04 Å². The largest absolute Gasteiger partial charge is 0.345 e. The van der Waals surface area contributed by atoms with E-state index in [-0.39, 0.29) is 17.8 Å². The van der Waals surface area contributed by atoms with Gasteiger partial charge in [0.25, 0.3) is 11.7 Å². The molecule has 1 aliphatic rings. The Morgan fingerprint density at radius 2 is 2.58 bits per heavy atom. The molecule has 0 radical (unpaired) electrons. The molecule has 3 rings (SSSR count). The summed E-state index contributed by atoms with van der Waals surface area (Å²) >= 11 is 1.60. The Labute approximate surface area is 114 Å². The lowest BCUT2D eigenvalue weighted by atomic mass is 10.2. The summed E-state index contributed by atoms with van der Waals surface area (Å²) in [6, 6.07) is 2.06. The molecular formula is C12H14N4O2S. The maximum Gasteiger partial charge on any atom is 0.292 e. The van der Waals surface area contributed by atoms with Gasteiger partial charge in [-0.25, -0.2) is 0 Å². The van der Waals surface area contributed by atoms with Gasteiger partial charge in [-0.2, -0.15) is 16.3 Å². The predicted octanol–water partition coefficient (Wildman–Crippen LogP) is 1.49. The highest BCUT2D eigenvalue weighted by Gasteiger charge is 2.24.